The van der Waals surface area contributed by atoms with E-state index in [1.54, 1.807) is 24.7 Å². The third-order valence-corrected chi connectivity index (χ3v) is 3.59. The van der Waals surface area contributed by atoms with Crippen molar-refractivity contribution < 1.29 is 9.53 Å². The number of hydrogen-bond acceptors (Lipinski definition) is 3. The fourth-order valence-electron chi connectivity index (χ4n) is 2.38. The molecule has 0 unspecified atom stereocenters. The highest BCUT2D eigenvalue weighted by molar-refractivity contribution is 6.07. The van der Waals surface area contributed by atoms with Gasteiger partial charge in [0.15, 0.2) is 5.78 Å². The quantitative estimate of drug-likeness (QED) is 0.506. The summed E-state index contributed by atoms with van der Waals surface area (Å²) in [6.07, 6.45) is 8.67. The van der Waals surface area contributed by atoms with Crippen molar-refractivity contribution in [2.24, 2.45) is 0 Å². The van der Waals surface area contributed by atoms with Gasteiger partial charge in [0.05, 0.1) is 12.9 Å². The van der Waals surface area contributed by atoms with E-state index < -0.39 is 0 Å². The van der Waals surface area contributed by atoms with Crippen LogP contribution in [0.1, 0.15) is 22.8 Å². The van der Waals surface area contributed by atoms with Gasteiger partial charge in [0.25, 0.3) is 0 Å². The highest BCUT2D eigenvalue weighted by Crippen LogP contribution is 2.20. The van der Waals surface area contributed by atoms with Crippen LogP contribution in [-0.4, -0.2) is 21.9 Å². The lowest BCUT2D eigenvalue weighted by molar-refractivity contribution is 0.104. The number of ether oxygens (including phenoxy) is 1. The summed E-state index contributed by atoms with van der Waals surface area (Å²) in [7, 11) is 0. The number of allylic oxidation sites excluding steroid dienone is 1. The average Bonchev–Trinajstić information content (AvgIpc) is 3.16. The molecule has 1 aromatic heterocycles. The molecule has 3 aromatic rings. The van der Waals surface area contributed by atoms with Gasteiger partial charge in [0.2, 0.25) is 0 Å². The Balaban J connectivity index is 1.75. The van der Waals surface area contributed by atoms with E-state index in [-0.39, 0.29) is 5.78 Å². The van der Waals surface area contributed by atoms with Gasteiger partial charge in [0, 0.05) is 29.2 Å². The molecular formula is C20H18N2O2. The third-order valence-electron chi connectivity index (χ3n) is 3.59. The van der Waals surface area contributed by atoms with Crippen molar-refractivity contribution in [3.63, 3.8) is 0 Å². The van der Waals surface area contributed by atoms with Crippen molar-refractivity contribution >= 4 is 11.9 Å². The minimum absolute atomic E-state index is 0.0431. The lowest BCUT2D eigenvalue weighted by Crippen LogP contribution is -1.97. The molecular weight excluding hydrogens is 300 g/mol. The Labute approximate surface area is 141 Å². The summed E-state index contributed by atoms with van der Waals surface area (Å²) in [4.78, 5) is 16.4. The lowest BCUT2D eigenvalue weighted by atomic mass is 10.1. The molecule has 0 amide bonds. The van der Waals surface area contributed by atoms with E-state index >= 15 is 0 Å². The topological polar surface area (TPSA) is 44.1 Å². The summed E-state index contributed by atoms with van der Waals surface area (Å²) in [6, 6.07) is 15.1. The molecule has 0 saturated carbocycles. The molecule has 0 saturated heterocycles. The van der Waals surface area contributed by atoms with E-state index in [1.165, 1.54) is 0 Å². The number of carbonyl (C=O) groups excluding carboxylic acids is 1. The highest BCUT2D eigenvalue weighted by Gasteiger charge is 2.04. The van der Waals surface area contributed by atoms with Crippen LogP contribution in [0.5, 0.6) is 5.75 Å². The number of benzene rings is 2. The number of nitrogens with zero attached hydrogens (tertiary/aromatic N) is 2. The number of ketones is 1. The molecule has 4 heteroatoms. The van der Waals surface area contributed by atoms with Crippen LogP contribution >= 0.6 is 0 Å². The maximum Gasteiger partial charge on any atom is 0.185 e. The van der Waals surface area contributed by atoms with Gasteiger partial charge in [-0.3, -0.25) is 4.79 Å². The minimum atomic E-state index is -0.0431. The Morgan fingerprint density at radius 1 is 1.17 bits per heavy atom. The molecule has 0 atom stereocenters. The molecule has 1 heterocycles. The number of rotatable bonds is 6. The minimum Gasteiger partial charge on any atom is -0.493 e. The van der Waals surface area contributed by atoms with E-state index in [4.69, 9.17) is 4.74 Å². The van der Waals surface area contributed by atoms with Crippen molar-refractivity contribution in [1.29, 1.82) is 0 Å². The molecule has 0 aliphatic carbocycles. The molecule has 4 nitrogen and oxygen atoms in total. The van der Waals surface area contributed by atoms with Crippen LogP contribution in [0.25, 0.3) is 11.8 Å². The predicted molar refractivity (Wildman–Crippen MR) is 94.5 cm³/mol. The van der Waals surface area contributed by atoms with Gasteiger partial charge in [-0.2, -0.15) is 0 Å². The summed E-state index contributed by atoms with van der Waals surface area (Å²) in [5, 5.41) is 0. The second-order valence-corrected chi connectivity index (χ2v) is 5.19. The van der Waals surface area contributed by atoms with E-state index in [2.05, 4.69) is 4.98 Å². The number of aromatic nitrogens is 2. The molecule has 0 N–H and O–H groups in total. The molecule has 0 aliphatic heterocycles. The summed E-state index contributed by atoms with van der Waals surface area (Å²) >= 11 is 0. The van der Waals surface area contributed by atoms with Gasteiger partial charge in [-0.1, -0.05) is 18.2 Å². The van der Waals surface area contributed by atoms with Crippen LogP contribution < -0.4 is 4.74 Å². The Kier molecular flexibility index (Phi) is 4.87. The molecule has 3 rings (SSSR count). The molecule has 0 fully saturated rings. The van der Waals surface area contributed by atoms with Gasteiger partial charge in [-0.15, -0.1) is 0 Å². The van der Waals surface area contributed by atoms with Crippen LogP contribution in [0, 0.1) is 0 Å². The van der Waals surface area contributed by atoms with E-state index in [0.717, 1.165) is 17.0 Å². The first-order valence-electron chi connectivity index (χ1n) is 7.80. The maximum atomic E-state index is 12.3. The van der Waals surface area contributed by atoms with E-state index in [0.29, 0.717) is 12.2 Å². The lowest BCUT2D eigenvalue weighted by Gasteiger charge is -2.06. The number of carbonyl (C=O) groups is 1. The molecule has 120 valence electrons. The van der Waals surface area contributed by atoms with E-state index in [1.807, 2.05) is 66.2 Å². The zero-order valence-electron chi connectivity index (χ0n) is 13.4. The molecule has 0 aliphatic rings. The van der Waals surface area contributed by atoms with Crippen LogP contribution in [0.4, 0.5) is 0 Å². The second kappa shape index (κ2) is 7.42. The first kappa shape index (κ1) is 15.7. The van der Waals surface area contributed by atoms with Crippen molar-refractivity contribution in [3.05, 3.63) is 84.5 Å². The Morgan fingerprint density at radius 3 is 2.67 bits per heavy atom. The van der Waals surface area contributed by atoms with Crippen LogP contribution in [0.3, 0.4) is 0 Å². The van der Waals surface area contributed by atoms with Gasteiger partial charge in [-0.05, 0) is 49.4 Å². The van der Waals surface area contributed by atoms with E-state index in [9.17, 15) is 4.79 Å². The number of imidazole rings is 1. The molecule has 0 spiro atoms. The molecule has 0 bridgehead atoms. The van der Waals surface area contributed by atoms with Gasteiger partial charge < -0.3 is 9.30 Å². The largest absolute Gasteiger partial charge is 0.493 e. The van der Waals surface area contributed by atoms with Gasteiger partial charge >= 0.3 is 0 Å². The summed E-state index contributed by atoms with van der Waals surface area (Å²) < 4.78 is 7.45. The summed E-state index contributed by atoms with van der Waals surface area (Å²) in [5.41, 5.74) is 2.50. The SMILES string of the molecule is CCOc1ccccc1/C=C\C(=O)c1ccc(-n2ccnc2)cc1. The monoisotopic (exact) mass is 318 g/mol. The Bertz CT molecular complexity index is 834. The zero-order valence-corrected chi connectivity index (χ0v) is 13.4. The van der Waals surface area contributed by atoms with Crippen LogP contribution in [0.2, 0.25) is 0 Å². The predicted octanol–water partition coefficient (Wildman–Crippen LogP) is 4.17. The fourth-order valence-corrected chi connectivity index (χ4v) is 2.38. The maximum absolute atomic E-state index is 12.3. The standard InChI is InChI=1S/C20H18N2O2/c1-2-24-20-6-4-3-5-17(20)9-12-19(23)16-7-10-18(11-8-16)22-14-13-21-15-22/h3-15H,2H2,1H3/b12-9-. The average molecular weight is 318 g/mol. The Hall–Kier alpha value is -3.14. The summed E-state index contributed by atoms with van der Waals surface area (Å²) in [6.45, 7) is 2.53. The van der Waals surface area contributed by atoms with Crippen molar-refractivity contribution in [1.82, 2.24) is 9.55 Å². The molecule has 24 heavy (non-hydrogen) atoms. The smallest absolute Gasteiger partial charge is 0.185 e. The van der Waals surface area contributed by atoms with Crippen molar-refractivity contribution in [3.8, 4) is 11.4 Å². The van der Waals surface area contributed by atoms with Crippen molar-refractivity contribution in [2.75, 3.05) is 6.61 Å². The van der Waals surface area contributed by atoms with Crippen LogP contribution in [-0.2, 0) is 0 Å². The van der Waals surface area contributed by atoms with Gasteiger partial charge in [0.1, 0.15) is 5.75 Å². The highest BCUT2D eigenvalue weighted by atomic mass is 16.5. The molecule has 0 radical (unpaired) electrons. The van der Waals surface area contributed by atoms with Crippen molar-refractivity contribution in [2.45, 2.75) is 6.92 Å². The first-order valence-corrected chi connectivity index (χ1v) is 7.80. The Morgan fingerprint density at radius 2 is 1.96 bits per heavy atom. The second-order valence-electron chi connectivity index (χ2n) is 5.19. The number of hydrogen-bond donors (Lipinski definition) is 0. The molecule has 2 aromatic carbocycles. The fraction of sp³-hybridized carbons (Fsp3) is 0.100. The zero-order chi connectivity index (χ0) is 16.8. The summed E-state index contributed by atoms with van der Waals surface area (Å²) in [5.74, 6) is 0.734. The number of para-hydroxylation sites is 1. The third kappa shape index (κ3) is 3.60. The van der Waals surface area contributed by atoms with Gasteiger partial charge in [-0.25, -0.2) is 4.98 Å². The van der Waals surface area contributed by atoms with Crippen LogP contribution in [0.15, 0.2) is 73.3 Å². The normalized spacial score (nSPS) is 10.9. The first-order chi connectivity index (χ1) is 11.8.